The summed E-state index contributed by atoms with van der Waals surface area (Å²) in [7, 11) is 0. The molecule has 0 bridgehead atoms. The van der Waals surface area contributed by atoms with Crippen LogP contribution in [0.3, 0.4) is 0 Å². The quantitative estimate of drug-likeness (QED) is 0.652. The van der Waals surface area contributed by atoms with Crippen LogP contribution >= 0.6 is 0 Å². The van der Waals surface area contributed by atoms with Gasteiger partial charge >= 0.3 is 122 Å². The summed E-state index contributed by atoms with van der Waals surface area (Å²) in [4.78, 5) is 5.03. The van der Waals surface area contributed by atoms with Gasteiger partial charge in [0.25, 0.3) is 0 Å². The summed E-state index contributed by atoms with van der Waals surface area (Å²) in [6.07, 6.45) is 5.52. The van der Waals surface area contributed by atoms with E-state index in [2.05, 4.69) is 36.2 Å². The third-order valence-corrected chi connectivity index (χ3v) is 6.09. The molecule has 1 aliphatic rings. The van der Waals surface area contributed by atoms with Gasteiger partial charge in [0.15, 0.2) is 0 Å². The van der Waals surface area contributed by atoms with E-state index < -0.39 is 5.72 Å². The molecule has 1 N–H and O–H groups in total. The van der Waals surface area contributed by atoms with Crippen LogP contribution in [0.15, 0.2) is 35.3 Å². The van der Waals surface area contributed by atoms with Crippen LogP contribution in [0.2, 0.25) is 0 Å². The van der Waals surface area contributed by atoms with Crippen LogP contribution in [-0.2, 0) is 0 Å². The molecule has 2 rings (SSSR count). The fourth-order valence-corrected chi connectivity index (χ4v) is 5.61. The summed E-state index contributed by atoms with van der Waals surface area (Å²) < 4.78 is 1.26. The Hall–Kier alpha value is -0.631. The third-order valence-electron chi connectivity index (χ3n) is 3.38. The van der Waals surface area contributed by atoms with E-state index in [0.717, 1.165) is 12.8 Å². The normalized spacial score (nSPS) is 27.1. The van der Waals surface area contributed by atoms with Crippen LogP contribution in [0.25, 0.3) is 0 Å². The minimum atomic E-state index is -0.873. The van der Waals surface area contributed by atoms with Crippen LogP contribution < -0.4 is 0 Å². The van der Waals surface area contributed by atoms with Crippen LogP contribution in [0.1, 0.15) is 56.3 Å². The SMILES string of the molecule is CCCCCC1=NC(C)(O)CC(c2ccccc2)[Se]1. The van der Waals surface area contributed by atoms with Gasteiger partial charge in [-0.15, -0.1) is 0 Å². The molecule has 1 aromatic rings. The first-order valence-corrected chi connectivity index (χ1v) is 8.98. The summed E-state index contributed by atoms with van der Waals surface area (Å²) in [6.45, 7) is 4.06. The van der Waals surface area contributed by atoms with Crippen molar-refractivity contribution in [1.82, 2.24) is 0 Å². The van der Waals surface area contributed by atoms with Gasteiger partial charge in [0, 0.05) is 0 Å². The predicted molar refractivity (Wildman–Crippen MR) is 81.8 cm³/mol. The Morgan fingerprint density at radius 3 is 2.74 bits per heavy atom. The Morgan fingerprint density at radius 2 is 2.05 bits per heavy atom. The van der Waals surface area contributed by atoms with E-state index in [0.29, 0.717) is 19.8 Å². The predicted octanol–water partition coefficient (Wildman–Crippen LogP) is 3.52. The molecular weight excluding hydrogens is 301 g/mol. The van der Waals surface area contributed by atoms with Crippen LogP contribution in [-0.4, -0.2) is 30.4 Å². The van der Waals surface area contributed by atoms with E-state index in [1.807, 2.05) is 13.0 Å². The maximum atomic E-state index is 10.4. The molecular formula is C16H23NOSe. The standard InChI is InChI=1S/C16H23NOSe/c1-3-4-6-11-15-17-16(2,18)12-14(19-15)13-9-7-5-8-10-13/h5,7-10,14,18H,3-4,6,11-12H2,1-2H3. The summed E-state index contributed by atoms with van der Waals surface area (Å²) in [5.74, 6) is 0. The monoisotopic (exact) mass is 325 g/mol. The first-order chi connectivity index (χ1) is 9.11. The van der Waals surface area contributed by atoms with Crippen molar-refractivity contribution in [2.24, 2.45) is 4.99 Å². The molecule has 1 heterocycles. The molecule has 2 nitrogen and oxygen atoms in total. The van der Waals surface area contributed by atoms with Gasteiger partial charge in [-0.1, -0.05) is 0 Å². The van der Waals surface area contributed by atoms with Crippen LogP contribution in [0.4, 0.5) is 0 Å². The van der Waals surface area contributed by atoms with E-state index in [9.17, 15) is 5.11 Å². The molecule has 0 aliphatic carbocycles. The van der Waals surface area contributed by atoms with Crippen molar-refractivity contribution >= 4 is 19.6 Å². The van der Waals surface area contributed by atoms with E-state index in [-0.39, 0.29) is 0 Å². The van der Waals surface area contributed by atoms with Gasteiger partial charge in [-0.05, 0) is 0 Å². The van der Waals surface area contributed by atoms with Crippen LogP contribution in [0.5, 0.6) is 0 Å². The van der Waals surface area contributed by atoms with Crippen molar-refractivity contribution in [1.29, 1.82) is 0 Å². The van der Waals surface area contributed by atoms with Gasteiger partial charge in [0.05, 0.1) is 0 Å². The molecule has 0 aromatic heterocycles. The van der Waals surface area contributed by atoms with Gasteiger partial charge in [-0.25, -0.2) is 0 Å². The van der Waals surface area contributed by atoms with Gasteiger partial charge in [-0.3, -0.25) is 0 Å². The second kappa shape index (κ2) is 6.69. The van der Waals surface area contributed by atoms with Crippen LogP contribution in [0, 0.1) is 0 Å². The first kappa shape index (κ1) is 14.8. The maximum absolute atomic E-state index is 10.4. The molecule has 1 aromatic carbocycles. The molecule has 19 heavy (non-hydrogen) atoms. The van der Waals surface area contributed by atoms with Crippen molar-refractivity contribution in [3.05, 3.63) is 35.9 Å². The van der Waals surface area contributed by atoms with Crippen molar-refractivity contribution in [2.45, 2.75) is 56.5 Å². The van der Waals surface area contributed by atoms with Gasteiger partial charge in [0.1, 0.15) is 0 Å². The molecule has 0 fully saturated rings. The fourth-order valence-electron chi connectivity index (χ4n) is 2.39. The second-order valence-corrected chi connectivity index (χ2v) is 8.08. The summed E-state index contributed by atoms with van der Waals surface area (Å²) in [6, 6.07) is 10.6. The average molecular weight is 324 g/mol. The zero-order valence-electron chi connectivity index (χ0n) is 11.8. The zero-order chi connectivity index (χ0) is 13.7. The summed E-state index contributed by atoms with van der Waals surface area (Å²) >= 11 is 0.386. The van der Waals surface area contributed by atoms with E-state index >= 15 is 0 Å². The molecule has 1 aliphatic heterocycles. The fraction of sp³-hybridized carbons (Fsp3) is 0.562. The first-order valence-electron chi connectivity index (χ1n) is 7.13. The van der Waals surface area contributed by atoms with Gasteiger partial charge < -0.3 is 0 Å². The number of rotatable bonds is 5. The Morgan fingerprint density at radius 1 is 1.32 bits per heavy atom. The third kappa shape index (κ3) is 4.45. The van der Waals surface area contributed by atoms with E-state index in [1.54, 1.807) is 0 Å². The molecule has 0 amide bonds. The Bertz CT molecular complexity index is 428. The Balaban J connectivity index is 2.07. The van der Waals surface area contributed by atoms with Gasteiger partial charge in [0.2, 0.25) is 0 Å². The number of aliphatic hydroxyl groups is 1. The van der Waals surface area contributed by atoms with E-state index in [1.165, 1.54) is 29.4 Å². The molecule has 0 saturated heterocycles. The Labute approximate surface area is 122 Å². The number of nitrogens with zero attached hydrogens (tertiary/aromatic N) is 1. The molecule has 2 atom stereocenters. The zero-order valence-corrected chi connectivity index (χ0v) is 13.5. The summed E-state index contributed by atoms with van der Waals surface area (Å²) in [5, 5.41) is 10.4. The number of benzene rings is 1. The van der Waals surface area contributed by atoms with Crippen molar-refractivity contribution < 1.29 is 5.11 Å². The molecule has 0 spiro atoms. The molecule has 0 radical (unpaired) electrons. The average Bonchev–Trinajstić information content (AvgIpc) is 2.38. The minimum absolute atomic E-state index is 0.386. The number of aliphatic imine (C=N–C) groups is 1. The number of hydrogen-bond acceptors (Lipinski definition) is 2. The second-order valence-electron chi connectivity index (χ2n) is 5.40. The Kier molecular flexibility index (Phi) is 5.20. The van der Waals surface area contributed by atoms with E-state index in [4.69, 9.17) is 0 Å². The number of unbranched alkanes of at least 4 members (excludes halogenated alkanes) is 2. The van der Waals surface area contributed by atoms with Crippen molar-refractivity contribution in [3.63, 3.8) is 0 Å². The topological polar surface area (TPSA) is 32.6 Å². The number of hydrogen-bond donors (Lipinski definition) is 1. The molecule has 3 heteroatoms. The molecule has 104 valence electrons. The summed E-state index contributed by atoms with van der Waals surface area (Å²) in [5.41, 5.74) is 0.480. The van der Waals surface area contributed by atoms with Crippen molar-refractivity contribution in [3.8, 4) is 0 Å². The van der Waals surface area contributed by atoms with Crippen molar-refractivity contribution in [2.75, 3.05) is 0 Å². The molecule has 0 saturated carbocycles. The van der Waals surface area contributed by atoms with Gasteiger partial charge in [-0.2, -0.15) is 0 Å². The molecule has 2 unspecified atom stereocenters.